The molecule has 1 amide bonds. The molecule has 122 valence electrons. The van der Waals surface area contributed by atoms with Gasteiger partial charge in [0, 0.05) is 17.0 Å². The van der Waals surface area contributed by atoms with Crippen LogP contribution in [-0.2, 0) is 6.42 Å². The Hall–Kier alpha value is -1.95. The molecule has 23 heavy (non-hydrogen) atoms. The van der Waals surface area contributed by atoms with Gasteiger partial charge in [-0.2, -0.15) is 8.78 Å². The fourth-order valence-corrected chi connectivity index (χ4v) is 3.98. The van der Waals surface area contributed by atoms with Crippen LogP contribution in [0, 0.1) is 0 Å². The number of rotatable bonds is 4. The highest BCUT2D eigenvalue weighted by molar-refractivity contribution is 7.10. The van der Waals surface area contributed by atoms with Gasteiger partial charge in [-0.3, -0.25) is 4.79 Å². The number of thiophene rings is 1. The van der Waals surface area contributed by atoms with Gasteiger partial charge in [0.05, 0.1) is 6.04 Å². The number of amides is 1. The standard InChI is InChI=1S/C17H17F2NO2S/c1-2-14-13-7-9-23-15(13)6-8-20(14)16(21)11-4-3-5-12(10-11)22-17(18)19/h3-5,7,9-10,14,17H,2,6,8H2,1H3. The van der Waals surface area contributed by atoms with Gasteiger partial charge >= 0.3 is 6.61 Å². The molecule has 0 aliphatic carbocycles. The summed E-state index contributed by atoms with van der Waals surface area (Å²) in [4.78, 5) is 16.0. The molecule has 0 saturated heterocycles. The molecule has 1 aliphatic rings. The summed E-state index contributed by atoms with van der Waals surface area (Å²) in [5.74, 6) is -0.138. The van der Waals surface area contributed by atoms with Gasteiger partial charge in [-0.15, -0.1) is 11.3 Å². The minimum atomic E-state index is -2.90. The second-order valence-electron chi connectivity index (χ2n) is 5.38. The topological polar surface area (TPSA) is 29.5 Å². The predicted molar refractivity (Wildman–Crippen MR) is 85.2 cm³/mol. The van der Waals surface area contributed by atoms with Crippen molar-refractivity contribution in [2.24, 2.45) is 0 Å². The lowest BCUT2D eigenvalue weighted by Crippen LogP contribution is -2.39. The molecule has 0 fully saturated rings. The zero-order valence-electron chi connectivity index (χ0n) is 12.7. The normalized spacial score (nSPS) is 17.2. The van der Waals surface area contributed by atoms with Crippen LogP contribution in [0.25, 0.3) is 0 Å². The maximum absolute atomic E-state index is 12.8. The Labute approximate surface area is 137 Å². The lowest BCUT2D eigenvalue weighted by Gasteiger charge is -2.35. The molecule has 2 aromatic rings. The van der Waals surface area contributed by atoms with Crippen LogP contribution in [0.3, 0.4) is 0 Å². The number of carbonyl (C=O) groups is 1. The Bertz CT molecular complexity index is 701. The van der Waals surface area contributed by atoms with Gasteiger partial charge in [-0.25, -0.2) is 0 Å². The minimum Gasteiger partial charge on any atom is -0.435 e. The molecule has 0 saturated carbocycles. The highest BCUT2D eigenvalue weighted by Gasteiger charge is 2.31. The van der Waals surface area contributed by atoms with Gasteiger partial charge in [-0.05, 0) is 48.1 Å². The number of fused-ring (bicyclic) bond motifs is 1. The van der Waals surface area contributed by atoms with Crippen molar-refractivity contribution in [1.82, 2.24) is 4.90 Å². The van der Waals surface area contributed by atoms with Crippen LogP contribution in [0.2, 0.25) is 0 Å². The lowest BCUT2D eigenvalue weighted by molar-refractivity contribution is -0.0499. The van der Waals surface area contributed by atoms with Gasteiger partial charge < -0.3 is 9.64 Å². The van der Waals surface area contributed by atoms with Gasteiger partial charge in [0.25, 0.3) is 5.91 Å². The molecule has 1 atom stereocenters. The summed E-state index contributed by atoms with van der Waals surface area (Å²) < 4.78 is 29.1. The highest BCUT2D eigenvalue weighted by atomic mass is 32.1. The summed E-state index contributed by atoms with van der Waals surface area (Å²) in [6.45, 7) is -0.203. The molecule has 0 radical (unpaired) electrons. The molecule has 3 nitrogen and oxygen atoms in total. The molecule has 6 heteroatoms. The number of benzene rings is 1. The monoisotopic (exact) mass is 337 g/mol. The van der Waals surface area contributed by atoms with Crippen molar-refractivity contribution in [2.75, 3.05) is 6.54 Å². The number of ether oxygens (including phenoxy) is 1. The van der Waals surface area contributed by atoms with E-state index in [1.54, 1.807) is 23.5 Å². The fraction of sp³-hybridized carbons (Fsp3) is 0.353. The Morgan fingerprint density at radius 2 is 2.26 bits per heavy atom. The van der Waals surface area contributed by atoms with Gasteiger partial charge in [0.15, 0.2) is 0 Å². The second kappa shape index (κ2) is 6.66. The smallest absolute Gasteiger partial charge is 0.387 e. The Morgan fingerprint density at radius 1 is 1.43 bits per heavy atom. The molecule has 3 rings (SSSR count). The van der Waals surface area contributed by atoms with Crippen molar-refractivity contribution >= 4 is 17.2 Å². The average Bonchev–Trinajstić information content (AvgIpc) is 3.01. The maximum Gasteiger partial charge on any atom is 0.387 e. The first-order valence-electron chi connectivity index (χ1n) is 7.52. The van der Waals surface area contributed by atoms with Gasteiger partial charge in [0.1, 0.15) is 5.75 Å². The largest absolute Gasteiger partial charge is 0.435 e. The van der Waals surface area contributed by atoms with E-state index in [-0.39, 0.29) is 17.7 Å². The molecular weight excluding hydrogens is 320 g/mol. The van der Waals surface area contributed by atoms with Crippen molar-refractivity contribution < 1.29 is 18.3 Å². The van der Waals surface area contributed by atoms with E-state index in [1.165, 1.54) is 22.6 Å². The number of halogens is 2. The van der Waals surface area contributed by atoms with E-state index in [4.69, 9.17) is 0 Å². The van der Waals surface area contributed by atoms with E-state index in [0.29, 0.717) is 12.1 Å². The number of hydrogen-bond acceptors (Lipinski definition) is 3. The quantitative estimate of drug-likeness (QED) is 0.822. The van der Waals surface area contributed by atoms with E-state index in [9.17, 15) is 13.6 Å². The van der Waals surface area contributed by atoms with Gasteiger partial charge in [0.2, 0.25) is 0 Å². The molecule has 2 heterocycles. The first-order chi connectivity index (χ1) is 11.1. The molecule has 1 unspecified atom stereocenters. The van der Waals surface area contributed by atoms with Crippen LogP contribution < -0.4 is 4.74 Å². The van der Waals surface area contributed by atoms with Crippen LogP contribution in [-0.4, -0.2) is 24.0 Å². The summed E-state index contributed by atoms with van der Waals surface area (Å²) in [7, 11) is 0. The number of nitrogens with zero attached hydrogens (tertiary/aromatic N) is 1. The summed E-state index contributed by atoms with van der Waals surface area (Å²) >= 11 is 1.72. The molecule has 1 aromatic heterocycles. The third-order valence-electron chi connectivity index (χ3n) is 4.05. The fourth-order valence-electron chi connectivity index (χ4n) is 3.05. The van der Waals surface area contributed by atoms with E-state index in [2.05, 4.69) is 16.2 Å². The van der Waals surface area contributed by atoms with Crippen LogP contribution in [0.1, 0.15) is 40.2 Å². The van der Waals surface area contributed by atoms with Crippen molar-refractivity contribution in [1.29, 1.82) is 0 Å². The molecule has 0 bridgehead atoms. The molecule has 0 spiro atoms. The molecule has 1 aliphatic heterocycles. The second-order valence-corrected chi connectivity index (χ2v) is 6.38. The van der Waals surface area contributed by atoms with E-state index >= 15 is 0 Å². The van der Waals surface area contributed by atoms with Crippen LogP contribution >= 0.6 is 11.3 Å². The predicted octanol–water partition coefficient (Wildman–Crippen LogP) is 4.50. The zero-order valence-corrected chi connectivity index (χ0v) is 13.5. The molecule has 1 aromatic carbocycles. The van der Waals surface area contributed by atoms with Crippen LogP contribution in [0.15, 0.2) is 35.7 Å². The Balaban J connectivity index is 1.85. The molecule has 0 N–H and O–H groups in total. The number of carbonyl (C=O) groups excluding carboxylic acids is 1. The van der Waals surface area contributed by atoms with Gasteiger partial charge in [-0.1, -0.05) is 13.0 Å². The number of alkyl halides is 2. The van der Waals surface area contributed by atoms with E-state index < -0.39 is 6.61 Å². The van der Waals surface area contributed by atoms with Crippen molar-refractivity contribution in [3.63, 3.8) is 0 Å². The Morgan fingerprint density at radius 3 is 3.00 bits per heavy atom. The minimum absolute atomic E-state index is 0.00660. The highest BCUT2D eigenvalue weighted by Crippen LogP contribution is 2.36. The first kappa shape index (κ1) is 15.9. The van der Waals surface area contributed by atoms with Crippen molar-refractivity contribution in [3.8, 4) is 5.75 Å². The summed E-state index contributed by atoms with van der Waals surface area (Å²) in [5, 5.41) is 2.05. The third kappa shape index (κ3) is 3.22. The lowest BCUT2D eigenvalue weighted by atomic mass is 9.97. The van der Waals surface area contributed by atoms with Crippen molar-refractivity contribution in [2.45, 2.75) is 32.4 Å². The van der Waals surface area contributed by atoms with E-state index in [0.717, 1.165) is 12.8 Å². The summed E-state index contributed by atoms with van der Waals surface area (Å²) in [6, 6.07) is 8.11. The molecular formula is C17H17F2NO2S. The van der Waals surface area contributed by atoms with Crippen molar-refractivity contribution in [3.05, 3.63) is 51.7 Å². The van der Waals surface area contributed by atoms with E-state index in [1.807, 2.05) is 11.8 Å². The Kier molecular flexibility index (Phi) is 4.61. The van der Waals surface area contributed by atoms with Crippen LogP contribution in [0.4, 0.5) is 8.78 Å². The third-order valence-corrected chi connectivity index (χ3v) is 5.05. The first-order valence-corrected chi connectivity index (χ1v) is 8.40. The maximum atomic E-state index is 12.8. The summed E-state index contributed by atoms with van der Waals surface area (Å²) in [6.07, 6.45) is 1.66. The summed E-state index contributed by atoms with van der Waals surface area (Å²) in [5.41, 5.74) is 1.58. The SMILES string of the molecule is CCC1c2ccsc2CCN1C(=O)c1cccc(OC(F)F)c1. The average molecular weight is 337 g/mol. The van der Waals surface area contributed by atoms with Crippen LogP contribution in [0.5, 0.6) is 5.75 Å². The zero-order chi connectivity index (χ0) is 16.4. The number of hydrogen-bond donors (Lipinski definition) is 0.